The van der Waals surface area contributed by atoms with Crippen molar-refractivity contribution in [2.75, 3.05) is 0 Å². The molecule has 1 aliphatic rings. The minimum atomic E-state index is -0.123. The molecule has 2 heteroatoms. The molecule has 282 valence electrons. The highest BCUT2D eigenvalue weighted by molar-refractivity contribution is 5.05. The largest absolute Gasteiger partial charge is 0.393 e. The maximum absolute atomic E-state index is 11.6. The lowest BCUT2D eigenvalue weighted by molar-refractivity contribution is -0.00564. The van der Waals surface area contributed by atoms with Gasteiger partial charge in [0.1, 0.15) is 0 Å². The molecule has 2 nitrogen and oxygen atoms in total. The van der Waals surface area contributed by atoms with Crippen molar-refractivity contribution < 1.29 is 5.11 Å². The fourth-order valence-corrected chi connectivity index (χ4v) is 8.94. The molecule has 0 aliphatic carbocycles. The third-order valence-electron chi connectivity index (χ3n) is 11.8. The molecule has 1 rings (SSSR count). The fourth-order valence-electron chi connectivity index (χ4n) is 8.94. The van der Waals surface area contributed by atoms with Crippen LogP contribution in [0.25, 0.3) is 0 Å². The highest BCUT2D eigenvalue weighted by Gasteiger charge is 2.46. The van der Waals surface area contributed by atoms with Gasteiger partial charge >= 0.3 is 0 Å². The van der Waals surface area contributed by atoms with E-state index in [2.05, 4.69) is 33.0 Å². The number of aliphatic hydroxyl groups is 1. The smallest absolute Gasteiger partial charge is 0.0575 e. The van der Waals surface area contributed by atoms with Gasteiger partial charge in [0.15, 0.2) is 0 Å². The van der Waals surface area contributed by atoms with E-state index in [1.807, 2.05) is 0 Å². The molecule has 0 radical (unpaired) electrons. The maximum Gasteiger partial charge on any atom is 0.0575 e. The lowest BCUT2D eigenvalue weighted by Gasteiger charge is -2.52. The van der Waals surface area contributed by atoms with Crippen LogP contribution in [0.2, 0.25) is 0 Å². The average Bonchev–Trinajstić information content (AvgIpc) is 3.06. The minimum Gasteiger partial charge on any atom is -0.393 e. The molecule has 0 spiro atoms. The molecule has 0 aromatic carbocycles. The van der Waals surface area contributed by atoms with Gasteiger partial charge in [-0.05, 0) is 38.5 Å². The number of hydrogen-bond acceptors (Lipinski definition) is 2. The first kappa shape index (κ1) is 44.9. The molecule has 0 unspecified atom stereocenters. The van der Waals surface area contributed by atoms with Gasteiger partial charge < -0.3 is 10.4 Å². The number of piperidine rings is 1. The average molecular weight is 662 g/mol. The Balaban J connectivity index is 2.85. The summed E-state index contributed by atoms with van der Waals surface area (Å²) in [6.45, 7) is 9.28. The Morgan fingerprint density at radius 2 is 0.532 bits per heavy atom. The summed E-state index contributed by atoms with van der Waals surface area (Å²) in [5.74, 6) is 0. The Morgan fingerprint density at radius 3 is 0.745 bits per heavy atom. The highest BCUT2D eigenvalue weighted by atomic mass is 16.3. The van der Waals surface area contributed by atoms with Gasteiger partial charge in [-0.3, -0.25) is 0 Å². The topological polar surface area (TPSA) is 32.3 Å². The summed E-state index contributed by atoms with van der Waals surface area (Å²) in [6.07, 6.45) is 51.6. The van der Waals surface area contributed by atoms with Crippen molar-refractivity contribution in [3.8, 4) is 0 Å². The molecule has 1 aliphatic heterocycles. The zero-order valence-corrected chi connectivity index (χ0v) is 33.4. The zero-order chi connectivity index (χ0) is 34.2. The van der Waals surface area contributed by atoms with Crippen LogP contribution in [0, 0.1) is 0 Å². The molecule has 0 atom stereocenters. The van der Waals surface area contributed by atoms with Crippen LogP contribution in [0.5, 0.6) is 0 Å². The predicted molar refractivity (Wildman–Crippen MR) is 213 cm³/mol. The molecular weight excluding hydrogens is 571 g/mol. The summed E-state index contributed by atoms with van der Waals surface area (Å²) in [7, 11) is 0. The van der Waals surface area contributed by atoms with Crippen LogP contribution in [0.4, 0.5) is 0 Å². The van der Waals surface area contributed by atoms with Crippen LogP contribution in [0.3, 0.4) is 0 Å². The Bertz CT molecular complexity index is 539. The number of rotatable bonds is 36. The molecule has 1 saturated heterocycles. The lowest BCUT2D eigenvalue weighted by atomic mass is 9.69. The van der Waals surface area contributed by atoms with E-state index in [0.29, 0.717) is 0 Å². The number of unbranched alkanes of at least 4 members (excludes halogenated alkanes) is 28. The van der Waals surface area contributed by atoms with Gasteiger partial charge in [0.2, 0.25) is 0 Å². The second-order valence-corrected chi connectivity index (χ2v) is 16.6. The van der Waals surface area contributed by atoms with E-state index < -0.39 is 0 Å². The third kappa shape index (κ3) is 24.7. The van der Waals surface area contributed by atoms with E-state index in [1.54, 1.807) is 0 Å². The summed E-state index contributed by atoms with van der Waals surface area (Å²) in [5, 5.41) is 16.2. The summed E-state index contributed by atoms with van der Waals surface area (Å²) in [4.78, 5) is 0. The first-order valence-corrected chi connectivity index (χ1v) is 22.5. The normalized spacial score (nSPS) is 16.3. The summed E-state index contributed by atoms with van der Waals surface area (Å²) < 4.78 is 0. The van der Waals surface area contributed by atoms with E-state index in [1.165, 1.54) is 231 Å². The van der Waals surface area contributed by atoms with Crippen LogP contribution in [0.1, 0.15) is 272 Å². The van der Waals surface area contributed by atoms with E-state index in [4.69, 9.17) is 0 Å². The van der Waals surface area contributed by atoms with Gasteiger partial charge in [-0.2, -0.15) is 0 Å². The van der Waals surface area contributed by atoms with Gasteiger partial charge in [0.25, 0.3) is 0 Å². The van der Waals surface area contributed by atoms with E-state index in [9.17, 15) is 5.11 Å². The SMILES string of the molecule is CCCCCCCCCCC1(CCCCCCCCCC)CC(O)CC(CCCCCCCCCC)(CCCCCCCCCC)N1. The number of hydrogen-bond donors (Lipinski definition) is 2. The van der Waals surface area contributed by atoms with Gasteiger partial charge in [0, 0.05) is 11.1 Å². The summed E-state index contributed by atoms with van der Waals surface area (Å²) >= 11 is 0. The Hall–Kier alpha value is -0.0800. The summed E-state index contributed by atoms with van der Waals surface area (Å²) in [5.41, 5.74) is 0.310. The quantitative estimate of drug-likeness (QED) is 0.0655. The molecule has 1 heterocycles. The number of aliphatic hydroxyl groups excluding tert-OH is 1. The Labute approximate surface area is 298 Å². The fraction of sp³-hybridized carbons (Fsp3) is 1.00. The third-order valence-corrected chi connectivity index (χ3v) is 11.8. The van der Waals surface area contributed by atoms with Crippen LogP contribution in [-0.4, -0.2) is 22.3 Å². The molecule has 0 aromatic heterocycles. The first-order chi connectivity index (χ1) is 23.1. The Kier molecular flexibility index (Phi) is 30.5. The van der Waals surface area contributed by atoms with E-state index in [0.717, 1.165) is 12.8 Å². The molecule has 47 heavy (non-hydrogen) atoms. The van der Waals surface area contributed by atoms with Gasteiger partial charge in [0.05, 0.1) is 6.10 Å². The van der Waals surface area contributed by atoms with Gasteiger partial charge in [-0.25, -0.2) is 0 Å². The standard InChI is InChI=1S/C45H91NO/c1-5-9-13-17-21-25-29-33-37-44(38-34-30-26-22-18-14-10-6-2)41-43(47)42-45(46-44,39-35-31-27-23-19-15-11-7-3)40-36-32-28-24-20-16-12-8-4/h43,46-47H,5-42H2,1-4H3. The van der Waals surface area contributed by atoms with Crippen molar-refractivity contribution in [3.63, 3.8) is 0 Å². The Morgan fingerprint density at radius 1 is 0.340 bits per heavy atom. The van der Waals surface area contributed by atoms with Crippen molar-refractivity contribution in [3.05, 3.63) is 0 Å². The molecule has 0 bridgehead atoms. The van der Waals surface area contributed by atoms with Crippen LogP contribution >= 0.6 is 0 Å². The monoisotopic (exact) mass is 662 g/mol. The highest BCUT2D eigenvalue weighted by Crippen LogP contribution is 2.41. The molecular formula is C45H91NO. The molecule has 0 aromatic rings. The van der Waals surface area contributed by atoms with Crippen molar-refractivity contribution in [1.82, 2.24) is 5.32 Å². The van der Waals surface area contributed by atoms with Crippen molar-refractivity contribution >= 4 is 0 Å². The minimum absolute atomic E-state index is 0.123. The maximum atomic E-state index is 11.6. The number of nitrogens with one attached hydrogen (secondary N) is 1. The molecule has 0 amide bonds. The van der Waals surface area contributed by atoms with Crippen molar-refractivity contribution in [2.45, 2.75) is 289 Å². The molecule has 1 fully saturated rings. The zero-order valence-electron chi connectivity index (χ0n) is 33.4. The second kappa shape index (κ2) is 31.9. The van der Waals surface area contributed by atoms with Crippen LogP contribution < -0.4 is 5.32 Å². The lowest BCUT2D eigenvalue weighted by Crippen LogP contribution is -2.64. The van der Waals surface area contributed by atoms with Crippen LogP contribution in [0.15, 0.2) is 0 Å². The second-order valence-electron chi connectivity index (χ2n) is 16.6. The van der Waals surface area contributed by atoms with Crippen LogP contribution in [-0.2, 0) is 0 Å². The van der Waals surface area contributed by atoms with E-state index in [-0.39, 0.29) is 17.2 Å². The van der Waals surface area contributed by atoms with Gasteiger partial charge in [-0.1, -0.05) is 233 Å². The van der Waals surface area contributed by atoms with E-state index >= 15 is 0 Å². The van der Waals surface area contributed by atoms with Gasteiger partial charge in [-0.15, -0.1) is 0 Å². The van der Waals surface area contributed by atoms with Crippen molar-refractivity contribution in [1.29, 1.82) is 0 Å². The molecule has 2 N–H and O–H groups in total. The summed E-state index contributed by atoms with van der Waals surface area (Å²) in [6, 6.07) is 0. The predicted octanol–water partition coefficient (Wildman–Crippen LogP) is 15.3. The first-order valence-electron chi connectivity index (χ1n) is 22.5. The van der Waals surface area contributed by atoms with Crippen molar-refractivity contribution in [2.24, 2.45) is 0 Å². The molecule has 0 saturated carbocycles.